The summed E-state index contributed by atoms with van der Waals surface area (Å²) in [6.07, 6.45) is 0. The molecule has 0 spiro atoms. The molecule has 0 bridgehead atoms. The highest BCUT2D eigenvalue weighted by molar-refractivity contribution is 5.96. The van der Waals surface area contributed by atoms with Crippen LogP contribution in [0.5, 0.6) is 0 Å². The number of furan rings is 1. The van der Waals surface area contributed by atoms with Crippen molar-refractivity contribution in [3.8, 4) is 0 Å². The van der Waals surface area contributed by atoms with Crippen molar-refractivity contribution in [3.63, 3.8) is 0 Å². The summed E-state index contributed by atoms with van der Waals surface area (Å²) >= 11 is 0. The second-order valence-corrected chi connectivity index (χ2v) is 5.24. The van der Waals surface area contributed by atoms with Gasteiger partial charge in [-0.1, -0.05) is 37.3 Å². The van der Waals surface area contributed by atoms with Crippen LogP contribution in [-0.4, -0.2) is 12.5 Å². The lowest BCUT2D eigenvalue weighted by Gasteiger charge is -2.13. The maximum absolute atomic E-state index is 12.3. The summed E-state index contributed by atoms with van der Waals surface area (Å²) in [6.45, 7) is 8.35. The lowest BCUT2D eigenvalue weighted by Crippen LogP contribution is -2.28. The molecule has 0 aliphatic rings. The molecule has 0 aliphatic carbocycles. The largest absolute Gasteiger partial charge is 0.466 e. The van der Waals surface area contributed by atoms with Gasteiger partial charge in [0.2, 0.25) is 0 Å². The summed E-state index contributed by atoms with van der Waals surface area (Å²) in [5.74, 6) is 1.72. The molecular weight excluding hydrogens is 250 g/mol. The molecule has 1 unspecified atom stereocenters. The number of aryl methyl sites for hydroxylation is 2. The van der Waals surface area contributed by atoms with E-state index in [4.69, 9.17) is 4.42 Å². The van der Waals surface area contributed by atoms with E-state index in [-0.39, 0.29) is 11.8 Å². The normalized spacial score (nSPS) is 12.2. The van der Waals surface area contributed by atoms with Gasteiger partial charge in [0, 0.05) is 12.1 Å². The highest BCUT2D eigenvalue weighted by atomic mass is 16.3. The predicted molar refractivity (Wildman–Crippen MR) is 80.1 cm³/mol. The first-order valence-corrected chi connectivity index (χ1v) is 6.90. The van der Waals surface area contributed by atoms with E-state index in [0.29, 0.717) is 17.9 Å². The lowest BCUT2D eigenvalue weighted by molar-refractivity contribution is 0.0949. The molecule has 1 amide bonds. The van der Waals surface area contributed by atoms with Crippen LogP contribution in [0.4, 0.5) is 0 Å². The number of hydrogen-bond donors (Lipinski definition) is 1. The van der Waals surface area contributed by atoms with E-state index in [1.807, 2.05) is 39.0 Å². The first-order chi connectivity index (χ1) is 9.50. The molecule has 0 saturated heterocycles. The minimum atomic E-state index is -0.0559. The molecule has 1 aromatic heterocycles. The van der Waals surface area contributed by atoms with Crippen LogP contribution in [0.15, 0.2) is 34.7 Å². The Morgan fingerprint density at radius 2 is 1.80 bits per heavy atom. The molecule has 1 aromatic carbocycles. The Balaban J connectivity index is 2.02. The molecule has 0 aliphatic heterocycles. The number of rotatable bonds is 4. The van der Waals surface area contributed by atoms with Gasteiger partial charge in [0.1, 0.15) is 11.5 Å². The first kappa shape index (κ1) is 14.4. The van der Waals surface area contributed by atoms with Crippen LogP contribution in [0, 0.1) is 20.8 Å². The van der Waals surface area contributed by atoms with Crippen LogP contribution in [0.2, 0.25) is 0 Å². The Bertz CT molecular complexity index is 599. The standard InChI is InChI=1S/C17H21NO2/c1-11(15-8-6-5-7-9-15)10-18-17(19)16-12(2)13(3)20-14(16)4/h5-9,11H,10H2,1-4H3,(H,18,19). The molecule has 0 radical (unpaired) electrons. The van der Waals surface area contributed by atoms with Crippen molar-refractivity contribution in [1.82, 2.24) is 5.32 Å². The van der Waals surface area contributed by atoms with E-state index >= 15 is 0 Å². The Morgan fingerprint density at radius 3 is 2.35 bits per heavy atom. The van der Waals surface area contributed by atoms with Gasteiger partial charge in [0.25, 0.3) is 5.91 Å². The molecule has 20 heavy (non-hydrogen) atoms. The van der Waals surface area contributed by atoms with Crippen LogP contribution in [0.3, 0.4) is 0 Å². The van der Waals surface area contributed by atoms with Crippen molar-refractivity contribution >= 4 is 5.91 Å². The van der Waals surface area contributed by atoms with Crippen LogP contribution in [-0.2, 0) is 0 Å². The van der Waals surface area contributed by atoms with Crippen LogP contribution >= 0.6 is 0 Å². The second kappa shape index (κ2) is 5.95. The van der Waals surface area contributed by atoms with E-state index in [1.165, 1.54) is 5.56 Å². The average Bonchev–Trinajstić information content (AvgIpc) is 2.70. The molecule has 2 aromatic rings. The minimum Gasteiger partial charge on any atom is -0.466 e. The van der Waals surface area contributed by atoms with E-state index in [9.17, 15) is 4.79 Å². The average molecular weight is 271 g/mol. The quantitative estimate of drug-likeness (QED) is 0.920. The Labute approximate surface area is 120 Å². The Kier molecular flexibility index (Phi) is 4.28. The van der Waals surface area contributed by atoms with Crippen molar-refractivity contribution in [2.24, 2.45) is 0 Å². The number of amides is 1. The van der Waals surface area contributed by atoms with Crippen molar-refractivity contribution in [2.45, 2.75) is 33.6 Å². The fourth-order valence-electron chi connectivity index (χ4n) is 2.36. The van der Waals surface area contributed by atoms with Crippen molar-refractivity contribution in [2.75, 3.05) is 6.54 Å². The van der Waals surface area contributed by atoms with Crippen LogP contribution in [0.1, 0.15) is 45.8 Å². The Morgan fingerprint density at radius 1 is 1.15 bits per heavy atom. The zero-order valence-corrected chi connectivity index (χ0v) is 12.5. The molecule has 0 saturated carbocycles. The Hall–Kier alpha value is -2.03. The fourth-order valence-corrected chi connectivity index (χ4v) is 2.36. The van der Waals surface area contributed by atoms with E-state index < -0.39 is 0 Å². The van der Waals surface area contributed by atoms with Gasteiger partial charge in [0.05, 0.1) is 5.56 Å². The van der Waals surface area contributed by atoms with Gasteiger partial charge in [-0.05, 0) is 32.3 Å². The maximum atomic E-state index is 12.3. The zero-order chi connectivity index (χ0) is 14.7. The summed E-state index contributed by atoms with van der Waals surface area (Å²) in [6, 6.07) is 10.2. The first-order valence-electron chi connectivity index (χ1n) is 6.90. The number of nitrogens with one attached hydrogen (secondary N) is 1. The monoisotopic (exact) mass is 271 g/mol. The molecular formula is C17H21NO2. The second-order valence-electron chi connectivity index (χ2n) is 5.24. The highest BCUT2D eigenvalue weighted by Gasteiger charge is 2.18. The number of hydrogen-bond acceptors (Lipinski definition) is 2. The van der Waals surface area contributed by atoms with Crippen molar-refractivity contribution < 1.29 is 9.21 Å². The van der Waals surface area contributed by atoms with Gasteiger partial charge in [-0.15, -0.1) is 0 Å². The molecule has 3 nitrogen and oxygen atoms in total. The van der Waals surface area contributed by atoms with Gasteiger partial charge < -0.3 is 9.73 Å². The van der Waals surface area contributed by atoms with Gasteiger partial charge in [-0.3, -0.25) is 4.79 Å². The van der Waals surface area contributed by atoms with Gasteiger partial charge in [0.15, 0.2) is 0 Å². The third kappa shape index (κ3) is 2.93. The number of carbonyl (C=O) groups excluding carboxylic acids is 1. The van der Waals surface area contributed by atoms with Gasteiger partial charge in [-0.25, -0.2) is 0 Å². The lowest BCUT2D eigenvalue weighted by atomic mass is 10.0. The molecule has 2 rings (SSSR count). The topological polar surface area (TPSA) is 42.2 Å². The molecule has 3 heteroatoms. The third-order valence-corrected chi connectivity index (χ3v) is 3.73. The van der Waals surface area contributed by atoms with E-state index in [0.717, 1.165) is 11.3 Å². The van der Waals surface area contributed by atoms with Gasteiger partial charge >= 0.3 is 0 Å². The predicted octanol–water partition coefficient (Wildman–Crippen LogP) is 3.74. The molecule has 1 atom stereocenters. The summed E-state index contributed by atoms with van der Waals surface area (Å²) in [7, 11) is 0. The molecule has 106 valence electrons. The van der Waals surface area contributed by atoms with E-state index in [1.54, 1.807) is 0 Å². The van der Waals surface area contributed by atoms with Crippen molar-refractivity contribution in [1.29, 1.82) is 0 Å². The highest BCUT2D eigenvalue weighted by Crippen LogP contribution is 2.21. The number of carbonyl (C=O) groups is 1. The van der Waals surface area contributed by atoms with E-state index in [2.05, 4.69) is 24.4 Å². The smallest absolute Gasteiger partial charge is 0.255 e. The van der Waals surface area contributed by atoms with Crippen LogP contribution < -0.4 is 5.32 Å². The third-order valence-electron chi connectivity index (χ3n) is 3.73. The maximum Gasteiger partial charge on any atom is 0.255 e. The van der Waals surface area contributed by atoms with Crippen molar-refractivity contribution in [3.05, 3.63) is 58.5 Å². The summed E-state index contributed by atoms with van der Waals surface area (Å²) in [4.78, 5) is 12.3. The molecule has 1 N–H and O–H groups in total. The van der Waals surface area contributed by atoms with Gasteiger partial charge in [-0.2, -0.15) is 0 Å². The number of benzene rings is 1. The summed E-state index contributed by atoms with van der Waals surface area (Å²) < 4.78 is 5.50. The SMILES string of the molecule is Cc1oc(C)c(C(=O)NCC(C)c2ccccc2)c1C. The summed E-state index contributed by atoms with van der Waals surface area (Å²) in [5.41, 5.74) is 2.82. The fraction of sp³-hybridized carbons (Fsp3) is 0.353. The molecule has 1 heterocycles. The van der Waals surface area contributed by atoms with Crippen LogP contribution in [0.25, 0.3) is 0 Å². The minimum absolute atomic E-state index is 0.0559. The summed E-state index contributed by atoms with van der Waals surface area (Å²) in [5, 5.41) is 2.99. The zero-order valence-electron chi connectivity index (χ0n) is 12.5. The molecule has 0 fully saturated rings.